The van der Waals surface area contributed by atoms with Crippen LogP contribution in [0.2, 0.25) is 0 Å². The van der Waals surface area contributed by atoms with Crippen LogP contribution in [0, 0.1) is 11.6 Å². The van der Waals surface area contributed by atoms with E-state index >= 15 is 0 Å². The molecule has 1 aliphatic heterocycles. The van der Waals surface area contributed by atoms with E-state index in [2.05, 4.69) is 10.0 Å². The number of rotatable bonds is 4. The van der Waals surface area contributed by atoms with Gasteiger partial charge in [0.05, 0.1) is 4.90 Å². The summed E-state index contributed by atoms with van der Waals surface area (Å²) < 4.78 is 51.7. The summed E-state index contributed by atoms with van der Waals surface area (Å²) in [6.45, 7) is 1.12. The zero-order valence-electron chi connectivity index (χ0n) is 9.62. The Morgan fingerprint density at radius 1 is 1.33 bits per heavy atom. The molecule has 0 saturated carbocycles. The number of hydrogen-bond acceptors (Lipinski definition) is 3. The molecule has 1 aromatic carbocycles. The third kappa shape index (κ3) is 3.04. The van der Waals surface area contributed by atoms with Gasteiger partial charge in [-0.2, -0.15) is 0 Å². The number of hydrogen-bond donors (Lipinski definition) is 2. The molecule has 100 valence electrons. The Balaban J connectivity index is 2.07. The highest BCUT2D eigenvalue weighted by atomic mass is 32.2. The Labute approximate surface area is 104 Å². The van der Waals surface area contributed by atoms with Crippen LogP contribution >= 0.6 is 0 Å². The first-order chi connectivity index (χ1) is 8.49. The Morgan fingerprint density at radius 2 is 2.11 bits per heavy atom. The van der Waals surface area contributed by atoms with Crippen molar-refractivity contribution in [2.75, 3.05) is 13.1 Å². The van der Waals surface area contributed by atoms with Gasteiger partial charge in [-0.05, 0) is 37.6 Å². The molecular formula is C11H14F2N2O2S. The lowest BCUT2D eigenvalue weighted by atomic mass is 10.2. The highest BCUT2D eigenvalue weighted by Crippen LogP contribution is 2.14. The molecule has 4 nitrogen and oxygen atoms in total. The molecule has 0 aromatic heterocycles. The normalized spacial score (nSPS) is 20.2. The van der Waals surface area contributed by atoms with Crippen molar-refractivity contribution in [3.63, 3.8) is 0 Å². The first kappa shape index (κ1) is 13.4. The average Bonchev–Trinajstić information content (AvgIpc) is 2.83. The van der Waals surface area contributed by atoms with Crippen molar-refractivity contribution in [2.45, 2.75) is 23.8 Å². The maximum atomic E-state index is 13.0. The van der Waals surface area contributed by atoms with Crippen molar-refractivity contribution >= 4 is 10.0 Å². The van der Waals surface area contributed by atoms with Crippen LogP contribution in [-0.4, -0.2) is 27.5 Å². The van der Waals surface area contributed by atoms with E-state index in [1.807, 2.05) is 0 Å². The fraction of sp³-hybridized carbons (Fsp3) is 0.455. The SMILES string of the molecule is O=S(=O)(NCC1CCCN1)c1ccc(F)c(F)c1. The average molecular weight is 276 g/mol. The molecule has 7 heteroatoms. The van der Waals surface area contributed by atoms with Crippen LogP contribution in [0.4, 0.5) is 8.78 Å². The molecule has 1 saturated heterocycles. The third-order valence-corrected chi connectivity index (χ3v) is 4.30. The minimum absolute atomic E-state index is 0.102. The molecule has 1 heterocycles. The molecule has 0 amide bonds. The van der Waals surface area contributed by atoms with Gasteiger partial charge in [-0.1, -0.05) is 0 Å². The Morgan fingerprint density at radius 3 is 2.72 bits per heavy atom. The van der Waals surface area contributed by atoms with Gasteiger partial charge < -0.3 is 5.32 Å². The lowest BCUT2D eigenvalue weighted by Gasteiger charge is -2.12. The van der Waals surface area contributed by atoms with Crippen molar-refractivity contribution in [2.24, 2.45) is 0 Å². The van der Waals surface area contributed by atoms with E-state index in [4.69, 9.17) is 0 Å². The Hall–Kier alpha value is -1.05. The van der Waals surface area contributed by atoms with Crippen molar-refractivity contribution < 1.29 is 17.2 Å². The van der Waals surface area contributed by atoms with E-state index in [1.165, 1.54) is 0 Å². The molecule has 18 heavy (non-hydrogen) atoms. The van der Waals surface area contributed by atoms with Gasteiger partial charge in [0.25, 0.3) is 0 Å². The lowest BCUT2D eigenvalue weighted by Crippen LogP contribution is -2.37. The van der Waals surface area contributed by atoms with Gasteiger partial charge in [0, 0.05) is 12.6 Å². The van der Waals surface area contributed by atoms with Gasteiger partial charge in [0.1, 0.15) is 0 Å². The lowest BCUT2D eigenvalue weighted by molar-refractivity contribution is 0.503. The maximum absolute atomic E-state index is 13.0. The Kier molecular flexibility index (Phi) is 3.94. The van der Waals surface area contributed by atoms with Crippen LogP contribution in [0.3, 0.4) is 0 Å². The van der Waals surface area contributed by atoms with Gasteiger partial charge in [-0.25, -0.2) is 21.9 Å². The summed E-state index contributed by atoms with van der Waals surface area (Å²) in [4.78, 5) is -0.264. The predicted molar refractivity (Wildman–Crippen MR) is 62.6 cm³/mol. The van der Waals surface area contributed by atoms with E-state index < -0.39 is 21.7 Å². The first-order valence-corrected chi connectivity index (χ1v) is 7.15. The molecule has 0 spiro atoms. The summed E-state index contributed by atoms with van der Waals surface area (Å²) in [5.74, 6) is -2.23. The third-order valence-electron chi connectivity index (χ3n) is 2.88. The van der Waals surface area contributed by atoms with Crippen molar-refractivity contribution in [1.29, 1.82) is 0 Å². The van der Waals surface area contributed by atoms with Gasteiger partial charge in [-0.15, -0.1) is 0 Å². The minimum Gasteiger partial charge on any atom is -0.313 e. The summed E-state index contributed by atoms with van der Waals surface area (Å²) in [6.07, 6.45) is 1.91. The monoisotopic (exact) mass is 276 g/mol. The zero-order valence-corrected chi connectivity index (χ0v) is 10.4. The summed E-state index contributed by atoms with van der Waals surface area (Å²) in [5.41, 5.74) is 0. The minimum atomic E-state index is -3.78. The molecular weight excluding hydrogens is 262 g/mol. The summed E-state index contributed by atoms with van der Waals surface area (Å²) >= 11 is 0. The second-order valence-electron chi connectivity index (χ2n) is 4.22. The highest BCUT2D eigenvalue weighted by molar-refractivity contribution is 7.89. The predicted octanol–water partition coefficient (Wildman–Crippen LogP) is 0.995. The van der Waals surface area contributed by atoms with Crippen LogP contribution < -0.4 is 10.0 Å². The Bertz CT molecular complexity index is 528. The highest BCUT2D eigenvalue weighted by Gasteiger charge is 2.20. The second kappa shape index (κ2) is 5.29. The quantitative estimate of drug-likeness (QED) is 0.862. The molecule has 0 bridgehead atoms. The fourth-order valence-corrected chi connectivity index (χ4v) is 2.96. The topological polar surface area (TPSA) is 58.2 Å². The van der Waals surface area contributed by atoms with Gasteiger partial charge in [-0.3, -0.25) is 0 Å². The number of benzene rings is 1. The van der Waals surface area contributed by atoms with Crippen LogP contribution in [0.15, 0.2) is 23.1 Å². The standard InChI is InChI=1S/C11H14F2N2O2S/c12-10-4-3-9(6-11(10)13)18(16,17)15-7-8-2-1-5-14-8/h3-4,6,8,14-15H,1-2,5,7H2. The summed E-state index contributed by atoms with van der Waals surface area (Å²) in [5, 5.41) is 3.14. The van der Waals surface area contributed by atoms with Crippen molar-refractivity contribution in [3.05, 3.63) is 29.8 Å². The van der Waals surface area contributed by atoms with Crippen LogP contribution in [-0.2, 0) is 10.0 Å². The van der Waals surface area contributed by atoms with Crippen LogP contribution in [0.5, 0.6) is 0 Å². The van der Waals surface area contributed by atoms with Crippen molar-refractivity contribution in [1.82, 2.24) is 10.0 Å². The molecule has 1 unspecified atom stereocenters. The number of halogens is 2. The maximum Gasteiger partial charge on any atom is 0.240 e. The smallest absolute Gasteiger partial charge is 0.240 e. The van der Waals surface area contributed by atoms with E-state index in [0.717, 1.165) is 31.5 Å². The largest absolute Gasteiger partial charge is 0.313 e. The molecule has 1 atom stereocenters. The van der Waals surface area contributed by atoms with E-state index in [1.54, 1.807) is 0 Å². The molecule has 0 aliphatic carbocycles. The molecule has 2 N–H and O–H groups in total. The molecule has 2 rings (SSSR count). The van der Waals surface area contributed by atoms with Crippen molar-refractivity contribution in [3.8, 4) is 0 Å². The number of sulfonamides is 1. The summed E-state index contributed by atoms with van der Waals surface area (Å²) in [7, 11) is -3.78. The van der Waals surface area contributed by atoms with E-state index in [-0.39, 0.29) is 17.5 Å². The molecule has 0 radical (unpaired) electrons. The zero-order chi connectivity index (χ0) is 13.2. The van der Waals surface area contributed by atoms with Crippen LogP contribution in [0.1, 0.15) is 12.8 Å². The van der Waals surface area contributed by atoms with Gasteiger partial charge in [0.15, 0.2) is 11.6 Å². The molecule has 1 fully saturated rings. The summed E-state index contributed by atoms with van der Waals surface area (Å²) in [6, 6.07) is 2.63. The molecule has 1 aromatic rings. The van der Waals surface area contributed by atoms with Gasteiger partial charge >= 0.3 is 0 Å². The number of nitrogens with one attached hydrogen (secondary N) is 2. The van der Waals surface area contributed by atoms with Gasteiger partial charge in [0.2, 0.25) is 10.0 Å². The first-order valence-electron chi connectivity index (χ1n) is 5.67. The fourth-order valence-electron chi connectivity index (χ4n) is 1.87. The molecule has 1 aliphatic rings. The van der Waals surface area contributed by atoms with E-state index in [0.29, 0.717) is 6.07 Å². The van der Waals surface area contributed by atoms with Crippen LogP contribution in [0.25, 0.3) is 0 Å². The second-order valence-corrected chi connectivity index (χ2v) is 5.99. The van der Waals surface area contributed by atoms with E-state index in [9.17, 15) is 17.2 Å².